The third-order valence-corrected chi connectivity index (χ3v) is 6.43. The Balaban J connectivity index is 0.000000249. The summed E-state index contributed by atoms with van der Waals surface area (Å²) in [6, 6.07) is 1.32. The molecule has 3 aliphatic rings. The van der Waals surface area contributed by atoms with Gasteiger partial charge in [-0.25, -0.2) is 9.97 Å². The maximum atomic E-state index is 8.91. The predicted molar refractivity (Wildman–Crippen MR) is 115 cm³/mol. The highest BCUT2D eigenvalue weighted by Gasteiger charge is 2.32. The van der Waals surface area contributed by atoms with Crippen LogP contribution in [0.15, 0.2) is 18.6 Å². The number of piperidine rings is 1. The van der Waals surface area contributed by atoms with E-state index in [0.717, 1.165) is 37.3 Å². The number of aliphatic hydroxyl groups is 1. The van der Waals surface area contributed by atoms with E-state index in [9.17, 15) is 0 Å². The van der Waals surface area contributed by atoms with E-state index in [2.05, 4.69) is 20.0 Å². The van der Waals surface area contributed by atoms with Crippen molar-refractivity contribution in [3.63, 3.8) is 0 Å². The van der Waals surface area contributed by atoms with Crippen molar-refractivity contribution in [1.82, 2.24) is 24.6 Å². The summed E-state index contributed by atoms with van der Waals surface area (Å²) in [5, 5.41) is 13.9. The zero-order chi connectivity index (χ0) is 20.2. The van der Waals surface area contributed by atoms with Gasteiger partial charge in [-0.15, -0.1) is 0 Å². The van der Waals surface area contributed by atoms with Gasteiger partial charge in [0, 0.05) is 30.9 Å². The van der Waals surface area contributed by atoms with Gasteiger partial charge in [-0.05, 0) is 38.5 Å². The SMILES string of the molecule is Nc1ncc(Cl)c(-c2cnn(C3CCN(C4CC4)CC3)c2)n1.OC1CCCCC1. The standard InChI is InChI=1S/C15H19ClN6.C6H12O/c16-13-8-18-15(17)20-14(13)10-7-19-22(9-10)12-3-5-21(6-4-12)11-1-2-11;7-6-4-2-1-3-5-6/h7-9,11-12H,1-6H2,(H2,17,18,20);6-7H,1-5H2. The lowest BCUT2D eigenvalue weighted by atomic mass is 9.98. The van der Waals surface area contributed by atoms with Crippen molar-refractivity contribution in [2.24, 2.45) is 0 Å². The van der Waals surface area contributed by atoms with Crippen LogP contribution in [0.1, 0.15) is 63.8 Å². The molecule has 2 aromatic rings. The van der Waals surface area contributed by atoms with E-state index in [1.165, 1.54) is 51.4 Å². The van der Waals surface area contributed by atoms with Crippen LogP contribution in [0.2, 0.25) is 5.02 Å². The van der Waals surface area contributed by atoms with Crippen LogP contribution in [0, 0.1) is 0 Å². The minimum Gasteiger partial charge on any atom is -0.393 e. The van der Waals surface area contributed by atoms with E-state index in [4.69, 9.17) is 22.4 Å². The molecule has 0 aromatic carbocycles. The average molecular weight is 419 g/mol. The van der Waals surface area contributed by atoms with Gasteiger partial charge >= 0.3 is 0 Å². The summed E-state index contributed by atoms with van der Waals surface area (Å²) >= 11 is 6.16. The molecule has 1 saturated heterocycles. The van der Waals surface area contributed by atoms with Crippen molar-refractivity contribution in [1.29, 1.82) is 0 Å². The molecule has 2 aromatic heterocycles. The van der Waals surface area contributed by atoms with Crippen LogP contribution in [0.25, 0.3) is 11.3 Å². The number of halogens is 1. The number of rotatable bonds is 3. The van der Waals surface area contributed by atoms with Gasteiger partial charge in [0.25, 0.3) is 0 Å². The molecule has 0 spiro atoms. The normalized spacial score (nSPS) is 21.6. The van der Waals surface area contributed by atoms with Gasteiger partial charge in [-0.1, -0.05) is 30.9 Å². The first-order valence-corrected chi connectivity index (χ1v) is 11.2. The number of likely N-dealkylation sites (tertiary alicyclic amines) is 1. The van der Waals surface area contributed by atoms with Gasteiger partial charge in [-0.3, -0.25) is 4.68 Å². The van der Waals surface area contributed by atoms with Crippen molar-refractivity contribution in [2.75, 3.05) is 18.8 Å². The number of hydrogen-bond acceptors (Lipinski definition) is 6. The van der Waals surface area contributed by atoms with Gasteiger partial charge in [-0.2, -0.15) is 5.10 Å². The molecule has 0 unspecified atom stereocenters. The summed E-state index contributed by atoms with van der Waals surface area (Å²) in [4.78, 5) is 10.7. The highest BCUT2D eigenvalue weighted by atomic mass is 35.5. The van der Waals surface area contributed by atoms with Crippen LogP contribution in [0.4, 0.5) is 5.95 Å². The molecule has 2 saturated carbocycles. The molecule has 2 aliphatic carbocycles. The number of nitrogens with zero attached hydrogens (tertiary/aromatic N) is 5. The molecule has 0 radical (unpaired) electrons. The Morgan fingerprint density at radius 2 is 1.69 bits per heavy atom. The van der Waals surface area contributed by atoms with E-state index >= 15 is 0 Å². The van der Waals surface area contributed by atoms with E-state index in [1.54, 1.807) is 6.20 Å². The Bertz CT molecular complexity index is 794. The fourth-order valence-electron chi connectivity index (χ4n) is 4.28. The molecule has 0 amide bonds. The Kier molecular flexibility index (Phi) is 6.67. The van der Waals surface area contributed by atoms with Gasteiger partial charge in [0.15, 0.2) is 0 Å². The number of nitrogen functional groups attached to an aromatic ring is 1. The minimum absolute atomic E-state index is 0.0359. The maximum absolute atomic E-state index is 8.91. The summed E-state index contributed by atoms with van der Waals surface area (Å²) in [5.74, 6) is 0.227. The highest BCUT2D eigenvalue weighted by Crippen LogP contribution is 2.33. The Morgan fingerprint density at radius 1 is 0.966 bits per heavy atom. The zero-order valence-corrected chi connectivity index (χ0v) is 17.6. The van der Waals surface area contributed by atoms with Crippen molar-refractivity contribution >= 4 is 17.5 Å². The third-order valence-electron chi connectivity index (χ3n) is 6.15. The Labute approximate surface area is 177 Å². The fourth-order valence-corrected chi connectivity index (χ4v) is 4.48. The Morgan fingerprint density at radius 3 is 2.31 bits per heavy atom. The number of hydrogen-bond donors (Lipinski definition) is 2. The number of nitrogens with two attached hydrogens (primary N) is 1. The number of anilines is 1. The lowest BCUT2D eigenvalue weighted by molar-refractivity contribution is 0.130. The van der Waals surface area contributed by atoms with E-state index < -0.39 is 0 Å². The van der Waals surface area contributed by atoms with E-state index in [-0.39, 0.29) is 12.1 Å². The van der Waals surface area contributed by atoms with Crippen molar-refractivity contribution < 1.29 is 5.11 Å². The second-order valence-corrected chi connectivity index (χ2v) is 8.83. The largest absolute Gasteiger partial charge is 0.393 e. The summed E-state index contributed by atoms with van der Waals surface area (Å²) in [7, 11) is 0. The molecule has 1 aliphatic heterocycles. The zero-order valence-electron chi connectivity index (χ0n) is 16.9. The predicted octanol–water partition coefficient (Wildman–Crippen LogP) is 3.69. The quantitative estimate of drug-likeness (QED) is 0.789. The van der Waals surface area contributed by atoms with Gasteiger partial charge in [0.2, 0.25) is 5.95 Å². The molecule has 29 heavy (non-hydrogen) atoms. The first-order chi connectivity index (χ1) is 14.1. The lowest BCUT2D eigenvalue weighted by Crippen LogP contribution is -2.36. The molecule has 3 N–H and O–H groups in total. The molecule has 5 rings (SSSR count). The minimum atomic E-state index is 0.0359. The molecule has 8 heteroatoms. The van der Waals surface area contributed by atoms with Crippen LogP contribution in [-0.2, 0) is 0 Å². The van der Waals surface area contributed by atoms with Crippen LogP contribution >= 0.6 is 11.6 Å². The monoisotopic (exact) mass is 418 g/mol. The van der Waals surface area contributed by atoms with Crippen molar-refractivity contribution in [3.05, 3.63) is 23.6 Å². The smallest absolute Gasteiger partial charge is 0.220 e. The van der Waals surface area contributed by atoms with E-state index in [0.29, 0.717) is 16.8 Å². The summed E-state index contributed by atoms with van der Waals surface area (Å²) in [6.07, 6.45) is 16.3. The third kappa shape index (κ3) is 5.47. The van der Waals surface area contributed by atoms with Gasteiger partial charge < -0.3 is 15.7 Å². The first kappa shape index (κ1) is 20.6. The second-order valence-electron chi connectivity index (χ2n) is 8.42. The highest BCUT2D eigenvalue weighted by molar-refractivity contribution is 6.32. The summed E-state index contributed by atoms with van der Waals surface area (Å²) < 4.78 is 2.05. The van der Waals surface area contributed by atoms with Crippen molar-refractivity contribution in [2.45, 2.75) is 76.0 Å². The molecule has 0 atom stereocenters. The number of aromatic nitrogens is 4. The molecular formula is C21H31ClN6O. The van der Waals surface area contributed by atoms with Crippen LogP contribution in [0.5, 0.6) is 0 Å². The van der Waals surface area contributed by atoms with Crippen LogP contribution in [-0.4, -0.2) is 55.0 Å². The topological polar surface area (TPSA) is 93.1 Å². The first-order valence-electron chi connectivity index (χ1n) is 10.8. The van der Waals surface area contributed by atoms with Crippen molar-refractivity contribution in [3.8, 4) is 11.3 Å². The average Bonchev–Trinajstić information content (AvgIpc) is 3.48. The molecule has 0 bridgehead atoms. The van der Waals surface area contributed by atoms with E-state index in [1.807, 2.05) is 10.9 Å². The molecule has 7 nitrogen and oxygen atoms in total. The Hall–Kier alpha value is -1.70. The van der Waals surface area contributed by atoms with Crippen LogP contribution < -0.4 is 5.73 Å². The number of aliphatic hydroxyl groups excluding tert-OH is 1. The molecular weight excluding hydrogens is 388 g/mol. The molecule has 3 fully saturated rings. The molecule has 158 valence electrons. The van der Waals surface area contributed by atoms with Gasteiger partial charge in [0.1, 0.15) is 0 Å². The lowest BCUT2D eigenvalue weighted by Gasteiger charge is -2.32. The fraction of sp³-hybridized carbons (Fsp3) is 0.667. The van der Waals surface area contributed by atoms with Crippen LogP contribution in [0.3, 0.4) is 0 Å². The summed E-state index contributed by atoms with van der Waals surface area (Å²) in [5.41, 5.74) is 7.19. The maximum Gasteiger partial charge on any atom is 0.220 e. The summed E-state index contributed by atoms with van der Waals surface area (Å²) in [6.45, 7) is 2.34. The second kappa shape index (κ2) is 9.41. The van der Waals surface area contributed by atoms with Gasteiger partial charge in [0.05, 0.1) is 35.3 Å². The molecule has 3 heterocycles.